The molecule has 0 saturated heterocycles. The molecule has 0 atom stereocenters. The van der Waals surface area contributed by atoms with Crippen LogP contribution in [-0.2, 0) is 6.42 Å². The molecule has 0 spiro atoms. The van der Waals surface area contributed by atoms with E-state index in [-0.39, 0.29) is 5.54 Å². The number of fused-ring (bicyclic) bond motifs is 3. The van der Waals surface area contributed by atoms with Crippen molar-refractivity contribution in [1.29, 1.82) is 0 Å². The molecule has 1 aromatic rings. The molecule has 19 heavy (non-hydrogen) atoms. The monoisotopic (exact) mass is 259 g/mol. The maximum absolute atomic E-state index is 6.35. The summed E-state index contributed by atoms with van der Waals surface area (Å²) in [5.74, 6) is 1.02. The van der Waals surface area contributed by atoms with Crippen LogP contribution in [0.25, 0.3) is 0 Å². The predicted molar refractivity (Wildman–Crippen MR) is 78.4 cm³/mol. The van der Waals surface area contributed by atoms with Crippen LogP contribution in [0.3, 0.4) is 0 Å². The van der Waals surface area contributed by atoms with E-state index in [1.54, 1.807) is 0 Å². The van der Waals surface area contributed by atoms with Crippen molar-refractivity contribution < 1.29 is 4.74 Å². The Morgan fingerprint density at radius 1 is 1.00 bits per heavy atom. The molecule has 0 aliphatic heterocycles. The smallest absolute Gasteiger partial charge is 0.119 e. The SMILES string of the molecule is CCc1ccc(OCC23CCC(N)(CC2)CC3)cc1. The molecule has 2 bridgehead atoms. The van der Waals surface area contributed by atoms with Crippen molar-refractivity contribution in [2.24, 2.45) is 11.1 Å². The van der Waals surface area contributed by atoms with Crippen molar-refractivity contribution in [3.63, 3.8) is 0 Å². The Balaban J connectivity index is 1.60. The second kappa shape index (κ2) is 4.82. The minimum absolute atomic E-state index is 0.157. The summed E-state index contributed by atoms with van der Waals surface area (Å²) < 4.78 is 6.06. The van der Waals surface area contributed by atoms with E-state index in [4.69, 9.17) is 10.5 Å². The zero-order valence-electron chi connectivity index (χ0n) is 12.0. The third-order valence-electron chi connectivity index (χ3n) is 5.34. The number of ether oxygens (including phenoxy) is 1. The zero-order valence-corrected chi connectivity index (χ0v) is 12.0. The van der Waals surface area contributed by atoms with Crippen LogP contribution in [0.5, 0.6) is 5.75 Å². The lowest BCUT2D eigenvalue weighted by Crippen LogP contribution is -2.53. The normalized spacial score (nSPS) is 33.4. The van der Waals surface area contributed by atoms with Gasteiger partial charge < -0.3 is 10.5 Å². The minimum Gasteiger partial charge on any atom is -0.493 e. The fourth-order valence-electron chi connectivity index (χ4n) is 3.57. The van der Waals surface area contributed by atoms with Gasteiger partial charge in [-0.05, 0) is 62.6 Å². The lowest BCUT2D eigenvalue weighted by atomic mass is 9.58. The molecule has 2 nitrogen and oxygen atoms in total. The maximum Gasteiger partial charge on any atom is 0.119 e. The molecule has 0 aromatic heterocycles. The Bertz CT molecular complexity index is 413. The van der Waals surface area contributed by atoms with E-state index in [0.717, 1.165) is 18.8 Å². The van der Waals surface area contributed by atoms with Crippen LogP contribution >= 0.6 is 0 Å². The van der Waals surface area contributed by atoms with Gasteiger partial charge in [0.25, 0.3) is 0 Å². The molecule has 0 amide bonds. The second-order valence-electron chi connectivity index (χ2n) is 6.65. The van der Waals surface area contributed by atoms with E-state index >= 15 is 0 Å². The van der Waals surface area contributed by atoms with E-state index in [1.807, 2.05) is 0 Å². The summed E-state index contributed by atoms with van der Waals surface area (Å²) in [6.45, 7) is 3.05. The second-order valence-corrected chi connectivity index (χ2v) is 6.65. The first-order valence-corrected chi connectivity index (χ1v) is 7.64. The molecule has 3 saturated carbocycles. The van der Waals surface area contributed by atoms with E-state index < -0.39 is 0 Å². The van der Waals surface area contributed by atoms with Crippen molar-refractivity contribution >= 4 is 0 Å². The lowest BCUT2D eigenvalue weighted by molar-refractivity contribution is 0.00532. The van der Waals surface area contributed by atoms with Crippen LogP contribution in [-0.4, -0.2) is 12.1 Å². The van der Waals surface area contributed by atoms with Gasteiger partial charge in [-0.25, -0.2) is 0 Å². The number of nitrogens with two attached hydrogens (primary N) is 1. The molecule has 3 aliphatic rings. The lowest BCUT2D eigenvalue weighted by Gasteiger charge is -2.51. The van der Waals surface area contributed by atoms with Crippen LogP contribution in [0.2, 0.25) is 0 Å². The van der Waals surface area contributed by atoms with Crippen LogP contribution in [0.15, 0.2) is 24.3 Å². The summed E-state index contributed by atoms with van der Waals surface area (Å²) in [5.41, 5.74) is 8.29. The Morgan fingerprint density at radius 3 is 2.11 bits per heavy atom. The number of benzene rings is 1. The van der Waals surface area contributed by atoms with E-state index in [1.165, 1.54) is 44.1 Å². The summed E-state index contributed by atoms with van der Waals surface area (Å²) >= 11 is 0. The third kappa shape index (κ3) is 2.64. The molecule has 0 unspecified atom stereocenters. The van der Waals surface area contributed by atoms with Gasteiger partial charge in [-0.15, -0.1) is 0 Å². The highest BCUT2D eigenvalue weighted by atomic mass is 16.5. The molecular weight excluding hydrogens is 234 g/mol. The van der Waals surface area contributed by atoms with Crippen molar-refractivity contribution in [3.05, 3.63) is 29.8 Å². The first-order valence-electron chi connectivity index (χ1n) is 7.64. The molecule has 3 aliphatic carbocycles. The average Bonchev–Trinajstić information content (AvgIpc) is 2.47. The van der Waals surface area contributed by atoms with Gasteiger partial charge in [0.1, 0.15) is 5.75 Å². The standard InChI is InChI=1S/C17H25NO/c1-2-14-3-5-15(6-4-14)19-13-16-7-10-17(18,11-8-16)12-9-16/h3-6H,2,7-13,18H2,1H3. The van der Waals surface area contributed by atoms with Gasteiger partial charge in [0.15, 0.2) is 0 Å². The Kier molecular flexibility index (Phi) is 3.30. The molecule has 4 rings (SSSR count). The van der Waals surface area contributed by atoms with Crippen LogP contribution < -0.4 is 10.5 Å². The first kappa shape index (κ1) is 13.0. The van der Waals surface area contributed by atoms with Gasteiger partial charge in [-0.1, -0.05) is 19.1 Å². The van der Waals surface area contributed by atoms with Gasteiger partial charge in [0, 0.05) is 11.0 Å². The largest absolute Gasteiger partial charge is 0.493 e. The van der Waals surface area contributed by atoms with Crippen molar-refractivity contribution in [3.8, 4) is 5.75 Å². The molecular formula is C17H25NO. The Labute approximate surface area is 116 Å². The Hall–Kier alpha value is -1.02. The fraction of sp³-hybridized carbons (Fsp3) is 0.647. The van der Waals surface area contributed by atoms with Crippen molar-refractivity contribution in [2.45, 2.75) is 57.4 Å². The highest BCUT2D eigenvalue weighted by Crippen LogP contribution is 2.51. The fourth-order valence-corrected chi connectivity index (χ4v) is 3.57. The summed E-state index contributed by atoms with van der Waals surface area (Å²) in [5, 5.41) is 0. The van der Waals surface area contributed by atoms with E-state index in [0.29, 0.717) is 5.41 Å². The van der Waals surface area contributed by atoms with Crippen LogP contribution in [0, 0.1) is 5.41 Å². The molecule has 2 N–H and O–H groups in total. The van der Waals surface area contributed by atoms with Gasteiger partial charge in [0.05, 0.1) is 6.61 Å². The third-order valence-corrected chi connectivity index (χ3v) is 5.34. The summed E-state index contributed by atoms with van der Waals surface area (Å²) in [6.07, 6.45) is 8.38. The zero-order chi connectivity index (χ0) is 13.3. The van der Waals surface area contributed by atoms with Gasteiger partial charge in [-0.2, -0.15) is 0 Å². The van der Waals surface area contributed by atoms with Gasteiger partial charge in [0.2, 0.25) is 0 Å². The molecule has 1 aromatic carbocycles. The van der Waals surface area contributed by atoms with E-state index in [2.05, 4.69) is 31.2 Å². The van der Waals surface area contributed by atoms with Gasteiger partial charge in [-0.3, -0.25) is 0 Å². The number of rotatable bonds is 4. The quantitative estimate of drug-likeness (QED) is 0.895. The molecule has 2 heteroatoms. The molecule has 3 fully saturated rings. The highest BCUT2D eigenvalue weighted by Gasteiger charge is 2.46. The Morgan fingerprint density at radius 2 is 1.58 bits per heavy atom. The van der Waals surface area contributed by atoms with E-state index in [9.17, 15) is 0 Å². The predicted octanol–water partition coefficient (Wildman–Crippen LogP) is 3.68. The number of aryl methyl sites for hydroxylation is 1. The molecule has 0 heterocycles. The van der Waals surface area contributed by atoms with Crippen LogP contribution in [0.4, 0.5) is 0 Å². The first-order chi connectivity index (χ1) is 9.13. The van der Waals surface area contributed by atoms with Crippen molar-refractivity contribution in [1.82, 2.24) is 0 Å². The molecule has 104 valence electrons. The minimum atomic E-state index is 0.157. The molecule has 0 radical (unpaired) electrons. The highest BCUT2D eigenvalue weighted by molar-refractivity contribution is 5.27. The summed E-state index contributed by atoms with van der Waals surface area (Å²) in [6, 6.07) is 8.54. The summed E-state index contributed by atoms with van der Waals surface area (Å²) in [7, 11) is 0. The van der Waals surface area contributed by atoms with Gasteiger partial charge >= 0.3 is 0 Å². The van der Waals surface area contributed by atoms with Crippen LogP contribution in [0.1, 0.15) is 51.0 Å². The summed E-state index contributed by atoms with van der Waals surface area (Å²) in [4.78, 5) is 0. The maximum atomic E-state index is 6.35. The number of hydrogen-bond acceptors (Lipinski definition) is 2. The van der Waals surface area contributed by atoms with Crippen molar-refractivity contribution in [2.75, 3.05) is 6.61 Å². The number of hydrogen-bond donors (Lipinski definition) is 1. The topological polar surface area (TPSA) is 35.2 Å². The average molecular weight is 259 g/mol.